The number of carbonyl (C=O) groups is 3. The van der Waals surface area contributed by atoms with Crippen LogP contribution in [0.3, 0.4) is 0 Å². The van der Waals surface area contributed by atoms with E-state index in [1.807, 2.05) is 30.3 Å². The summed E-state index contributed by atoms with van der Waals surface area (Å²) in [5.41, 5.74) is 6.38. The second kappa shape index (κ2) is 9.61. The fourth-order valence-corrected chi connectivity index (χ4v) is 2.24. The minimum Gasteiger partial charge on any atom is -0.466 e. The predicted octanol–water partition coefficient (Wildman–Crippen LogP) is 1.18. The van der Waals surface area contributed by atoms with Crippen LogP contribution < -0.4 is 11.1 Å². The number of amides is 2. The summed E-state index contributed by atoms with van der Waals surface area (Å²) in [7, 11) is 0. The predicted molar refractivity (Wildman–Crippen MR) is 86.3 cm³/mol. The van der Waals surface area contributed by atoms with Gasteiger partial charge in [-0.1, -0.05) is 37.3 Å². The van der Waals surface area contributed by atoms with Gasteiger partial charge in [0.15, 0.2) is 0 Å². The highest BCUT2D eigenvalue weighted by atomic mass is 16.5. The van der Waals surface area contributed by atoms with Crippen molar-refractivity contribution in [3.63, 3.8) is 0 Å². The first-order valence-electron chi connectivity index (χ1n) is 7.72. The second-order valence-corrected chi connectivity index (χ2v) is 5.42. The van der Waals surface area contributed by atoms with Crippen LogP contribution in [0.25, 0.3) is 0 Å². The average molecular weight is 320 g/mol. The smallest absolute Gasteiger partial charge is 0.306 e. The van der Waals surface area contributed by atoms with Crippen molar-refractivity contribution in [3.8, 4) is 0 Å². The molecule has 6 heteroatoms. The first-order chi connectivity index (χ1) is 10.9. The summed E-state index contributed by atoms with van der Waals surface area (Å²) in [4.78, 5) is 35.0. The van der Waals surface area contributed by atoms with E-state index in [-0.39, 0.29) is 25.4 Å². The Hall–Kier alpha value is -2.37. The van der Waals surface area contributed by atoms with Crippen molar-refractivity contribution in [1.29, 1.82) is 0 Å². The molecule has 0 fully saturated rings. The molecule has 23 heavy (non-hydrogen) atoms. The Morgan fingerprint density at radius 2 is 1.87 bits per heavy atom. The van der Waals surface area contributed by atoms with Crippen molar-refractivity contribution in [2.24, 2.45) is 11.7 Å². The highest BCUT2D eigenvalue weighted by molar-refractivity contribution is 5.87. The normalized spacial score (nSPS) is 13.0. The lowest BCUT2D eigenvalue weighted by atomic mass is 9.97. The van der Waals surface area contributed by atoms with E-state index in [0.717, 1.165) is 5.56 Å². The molecule has 0 unspecified atom stereocenters. The second-order valence-electron chi connectivity index (χ2n) is 5.42. The molecule has 2 atom stereocenters. The Kier molecular flexibility index (Phi) is 7.80. The Balaban J connectivity index is 2.52. The number of aryl methyl sites for hydroxylation is 1. The summed E-state index contributed by atoms with van der Waals surface area (Å²) >= 11 is 0. The fourth-order valence-electron chi connectivity index (χ4n) is 2.24. The number of esters is 1. The van der Waals surface area contributed by atoms with E-state index >= 15 is 0 Å². The van der Waals surface area contributed by atoms with Gasteiger partial charge in [-0.05, 0) is 24.8 Å². The number of nitrogens with two attached hydrogens (primary N) is 1. The summed E-state index contributed by atoms with van der Waals surface area (Å²) in [6, 6.07) is 8.69. The molecule has 6 nitrogen and oxygen atoms in total. The molecule has 0 saturated carbocycles. The molecule has 0 heterocycles. The number of hydrogen-bond acceptors (Lipinski definition) is 4. The maximum Gasteiger partial charge on any atom is 0.306 e. The first kappa shape index (κ1) is 18.7. The van der Waals surface area contributed by atoms with Crippen molar-refractivity contribution in [2.75, 3.05) is 6.61 Å². The highest BCUT2D eigenvalue weighted by Gasteiger charge is 2.26. The van der Waals surface area contributed by atoms with Crippen molar-refractivity contribution < 1.29 is 19.1 Å². The third kappa shape index (κ3) is 6.95. The molecule has 0 aliphatic heterocycles. The molecule has 0 aliphatic rings. The molecule has 0 aromatic heterocycles. The van der Waals surface area contributed by atoms with Crippen molar-refractivity contribution in [2.45, 2.75) is 39.2 Å². The Morgan fingerprint density at radius 3 is 2.43 bits per heavy atom. The van der Waals surface area contributed by atoms with E-state index in [2.05, 4.69) is 5.32 Å². The lowest BCUT2D eigenvalue weighted by Gasteiger charge is -2.21. The molecule has 0 bridgehead atoms. The maximum atomic E-state index is 12.0. The monoisotopic (exact) mass is 320 g/mol. The Morgan fingerprint density at radius 1 is 1.22 bits per heavy atom. The third-order valence-corrected chi connectivity index (χ3v) is 3.47. The van der Waals surface area contributed by atoms with Gasteiger partial charge < -0.3 is 15.8 Å². The molecule has 1 rings (SSSR count). The highest BCUT2D eigenvalue weighted by Crippen LogP contribution is 2.10. The Bertz CT molecular complexity index is 531. The molecule has 0 radical (unpaired) electrons. The van der Waals surface area contributed by atoms with Gasteiger partial charge in [0, 0.05) is 6.42 Å². The summed E-state index contributed by atoms with van der Waals surface area (Å²) in [6.07, 6.45) is 0.852. The van der Waals surface area contributed by atoms with Crippen LogP contribution >= 0.6 is 0 Å². The van der Waals surface area contributed by atoms with Gasteiger partial charge in [0.1, 0.15) is 6.04 Å². The number of ether oxygens (including phenoxy) is 1. The van der Waals surface area contributed by atoms with E-state index in [0.29, 0.717) is 6.42 Å². The van der Waals surface area contributed by atoms with Crippen LogP contribution in [0, 0.1) is 5.92 Å². The van der Waals surface area contributed by atoms with Crippen molar-refractivity contribution in [3.05, 3.63) is 35.9 Å². The van der Waals surface area contributed by atoms with Gasteiger partial charge in [0.2, 0.25) is 11.8 Å². The van der Waals surface area contributed by atoms with Gasteiger partial charge in [0.05, 0.1) is 13.0 Å². The van der Waals surface area contributed by atoms with Crippen LogP contribution in [-0.2, 0) is 25.5 Å². The first-order valence-corrected chi connectivity index (χ1v) is 7.72. The Labute approximate surface area is 136 Å². The minimum absolute atomic E-state index is 0.0282. The molecule has 0 saturated heterocycles. The van der Waals surface area contributed by atoms with Crippen molar-refractivity contribution in [1.82, 2.24) is 5.32 Å². The summed E-state index contributed by atoms with van der Waals surface area (Å²) < 4.78 is 4.85. The summed E-state index contributed by atoms with van der Waals surface area (Å²) in [5, 5.41) is 2.61. The van der Waals surface area contributed by atoms with Gasteiger partial charge in [-0.2, -0.15) is 0 Å². The minimum atomic E-state index is -0.886. The number of rotatable bonds is 9. The van der Waals surface area contributed by atoms with Crippen LogP contribution in [0.5, 0.6) is 0 Å². The number of hydrogen-bond donors (Lipinski definition) is 2. The van der Waals surface area contributed by atoms with Gasteiger partial charge in [-0.15, -0.1) is 0 Å². The number of nitrogens with one attached hydrogen (secondary N) is 1. The molecule has 2 amide bonds. The average Bonchev–Trinajstić information content (AvgIpc) is 2.51. The zero-order valence-electron chi connectivity index (χ0n) is 13.6. The van der Waals surface area contributed by atoms with Crippen LogP contribution in [0.2, 0.25) is 0 Å². The van der Waals surface area contributed by atoms with Crippen LogP contribution in [-0.4, -0.2) is 30.4 Å². The van der Waals surface area contributed by atoms with Gasteiger partial charge in [-0.25, -0.2) is 0 Å². The van der Waals surface area contributed by atoms with Crippen LogP contribution in [0.15, 0.2) is 30.3 Å². The molecular formula is C17H24N2O4. The molecule has 0 aliphatic carbocycles. The quantitative estimate of drug-likeness (QED) is 0.667. The van der Waals surface area contributed by atoms with E-state index in [9.17, 15) is 14.4 Å². The summed E-state index contributed by atoms with van der Waals surface area (Å²) in [6.45, 7) is 3.67. The standard InChI is InChI=1S/C17H24N2O4/c1-3-23-15(21)11-12(2)16(17(18)22)19-14(20)10-9-13-7-5-4-6-8-13/h4-8,12,16H,3,9-11H2,1-2H3,(H2,18,22)(H,19,20)/t12-,16+/m1/s1. The number of primary amides is 1. The van der Waals surface area contributed by atoms with Gasteiger partial charge in [-0.3, -0.25) is 14.4 Å². The zero-order chi connectivity index (χ0) is 17.2. The fraction of sp³-hybridized carbons (Fsp3) is 0.471. The largest absolute Gasteiger partial charge is 0.466 e. The van der Waals surface area contributed by atoms with E-state index in [1.165, 1.54) is 0 Å². The third-order valence-electron chi connectivity index (χ3n) is 3.47. The number of benzene rings is 1. The van der Waals surface area contributed by atoms with Crippen LogP contribution in [0.1, 0.15) is 32.3 Å². The lowest BCUT2D eigenvalue weighted by Crippen LogP contribution is -2.49. The maximum absolute atomic E-state index is 12.0. The van der Waals surface area contributed by atoms with Gasteiger partial charge in [0.25, 0.3) is 0 Å². The molecule has 126 valence electrons. The topological polar surface area (TPSA) is 98.5 Å². The molecule has 3 N–H and O–H groups in total. The molecule has 1 aromatic carbocycles. The zero-order valence-corrected chi connectivity index (χ0v) is 13.6. The van der Waals surface area contributed by atoms with E-state index in [1.54, 1.807) is 13.8 Å². The van der Waals surface area contributed by atoms with Gasteiger partial charge >= 0.3 is 5.97 Å². The lowest BCUT2D eigenvalue weighted by molar-refractivity contribution is -0.144. The molecular weight excluding hydrogens is 296 g/mol. The number of carbonyl (C=O) groups excluding carboxylic acids is 3. The van der Waals surface area contributed by atoms with E-state index in [4.69, 9.17) is 10.5 Å². The summed E-state index contributed by atoms with van der Waals surface area (Å²) in [5.74, 6) is -1.76. The van der Waals surface area contributed by atoms with Crippen LogP contribution in [0.4, 0.5) is 0 Å². The SMILES string of the molecule is CCOC(=O)C[C@@H](C)[C@H](NC(=O)CCc1ccccc1)C(N)=O. The molecule has 1 aromatic rings. The van der Waals surface area contributed by atoms with E-state index < -0.39 is 23.8 Å². The molecule has 0 spiro atoms. The van der Waals surface area contributed by atoms with Crippen molar-refractivity contribution >= 4 is 17.8 Å².